The highest BCUT2D eigenvalue weighted by Gasteiger charge is 2.43. The van der Waals surface area contributed by atoms with E-state index in [0.29, 0.717) is 34.4 Å². The Morgan fingerprint density at radius 3 is 2.35 bits per heavy atom. The molecule has 1 aliphatic carbocycles. The third kappa shape index (κ3) is 3.26. The minimum absolute atomic E-state index is 0.0202. The number of ether oxygens (including phenoxy) is 3. The van der Waals surface area contributed by atoms with Gasteiger partial charge in [0.15, 0.2) is 17.3 Å². The molecule has 0 saturated carbocycles. The number of fused-ring (bicyclic) bond motifs is 6. The van der Waals surface area contributed by atoms with Gasteiger partial charge in [-0.25, -0.2) is 0 Å². The monoisotopic (exact) mass is 434 g/mol. The molecular formula is C26H23ClO4. The Hall–Kier alpha value is -2.98. The molecule has 0 fully saturated rings. The molecule has 5 heteroatoms. The Bertz CT molecular complexity index is 1140. The predicted octanol–water partition coefficient (Wildman–Crippen LogP) is 5.87. The van der Waals surface area contributed by atoms with E-state index in [0.717, 1.165) is 23.1 Å². The molecule has 5 rings (SSSR count). The van der Waals surface area contributed by atoms with Gasteiger partial charge in [0.2, 0.25) is 0 Å². The average Bonchev–Trinajstić information content (AvgIpc) is 2.98. The molecule has 0 N–H and O–H groups in total. The van der Waals surface area contributed by atoms with E-state index in [1.807, 2.05) is 54.6 Å². The number of carbonyl (C=O) groups excluding carboxylic acids is 1. The van der Waals surface area contributed by atoms with Crippen LogP contribution in [0.15, 0.2) is 60.7 Å². The largest absolute Gasteiger partial charge is 0.493 e. The van der Waals surface area contributed by atoms with Crippen LogP contribution in [-0.2, 0) is 0 Å². The average molecular weight is 435 g/mol. The molecule has 2 bridgehead atoms. The van der Waals surface area contributed by atoms with E-state index >= 15 is 0 Å². The third-order valence-corrected chi connectivity index (χ3v) is 6.76. The van der Waals surface area contributed by atoms with Crippen LogP contribution >= 0.6 is 11.6 Å². The van der Waals surface area contributed by atoms with Crippen molar-refractivity contribution in [3.05, 3.63) is 87.9 Å². The molecule has 31 heavy (non-hydrogen) atoms. The Labute approximate surface area is 186 Å². The molecule has 0 amide bonds. The Morgan fingerprint density at radius 2 is 1.65 bits per heavy atom. The first kappa shape index (κ1) is 20.0. The molecule has 0 spiro atoms. The third-order valence-electron chi connectivity index (χ3n) is 6.46. The number of hydrogen-bond donors (Lipinski definition) is 0. The molecule has 4 nitrogen and oxygen atoms in total. The van der Waals surface area contributed by atoms with Crippen molar-refractivity contribution in [2.24, 2.45) is 5.92 Å². The Balaban J connectivity index is 1.73. The summed E-state index contributed by atoms with van der Waals surface area (Å²) in [4.78, 5) is 13.7. The van der Waals surface area contributed by atoms with Crippen molar-refractivity contribution in [3.63, 3.8) is 0 Å². The van der Waals surface area contributed by atoms with E-state index in [2.05, 4.69) is 6.07 Å². The van der Waals surface area contributed by atoms with Crippen LogP contribution in [0.2, 0.25) is 5.02 Å². The van der Waals surface area contributed by atoms with Crippen LogP contribution < -0.4 is 14.2 Å². The van der Waals surface area contributed by atoms with Gasteiger partial charge in [0.1, 0.15) is 5.75 Å². The summed E-state index contributed by atoms with van der Waals surface area (Å²) < 4.78 is 17.4. The van der Waals surface area contributed by atoms with Gasteiger partial charge < -0.3 is 14.2 Å². The molecule has 0 unspecified atom stereocenters. The highest BCUT2D eigenvalue weighted by Crippen LogP contribution is 2.53. The second-order valence-electron chi connectivity index (χ2n) is 8.06. The van der Waals surface area contributed by atoms with Gasteiger partial charge in [-0.2, -0.15) is 0 Å². The fourth-order valence-corrected chi connectivity index (χ4v) is 5.28. The van der Waals surface area contributed by atoms with Crippen LogP contribution in [0.25, 0.3) is 0 Å². The summed E-state index contributed by atoms with van der Waals surface area (Å²) in [6.07, 6.45) is 0.805. The maximum absolute atomic E-state index is 13.7. The lowest BCUT2D eigenvalue weighted by molar-refractivity contribution is 0.0891. The van der Waals surface area contributed by atoms with Crippen molar-refractivity contribution in [1.29, 1.82) is 0 Å². The highest BCUT2D eigenvalue weighted by atomic mass is 35.5. The summed E-state index contributed by atoms with van der Waals surface area (Å²) in [6, 6.07) is 19.3. The number of carbonyl (C=O) groups is 1. The molecule has 0 saturated heterocycles. The number of ketones is 1. The molecule has 3 aromatic carbocycles. The van der Waals surface area contributed by atoms with Crippen LogP contribution in [0.1, 0.15) is 45.3 Å². The maximum atomic E-state index is 13.7. The first-order chi connectivity index (χ1) is 15.1. The first-order valence-corrected chi connectivity index (χ1v) is 10.8. The molecule has 3 atom stereocenters. The van der Waals surface area contributed by atoms with Crippen molar-refractivity contribution in [2.45, 2.75) is 18.3 Å². The van der Waals surface area contributed by atoms with E-state index in [1.54, 1.807) is 14.2 Å². The quantitative estimate of drug-likeness (QED) is 0.482. The van der Waals surface area contributed by atoms with E-state index in [4.69, 9.17) is 25.8 Å². The number of benzene rings is 3. The molecule has 3 aromatic rings. The number of methoxy groups -OCH3 is 2. The minimum atomic E-state index is -0.332. The minimum Gasteiger partial charge on any atom is -0.493 e. The molecule has 1 heterocycles. The fourth-order valence-electron chi connectivity index (χ4n) is 5.04. The van der Waals surface area contributed by atoms with Gasteiger partial charge >= 0.3 is 0 Å². The molecule has 158 valence electrons. The number of Topliss-reactive ketones (excluding diaryl/α,β-unsaturated/α-hetero) is 1. The van der Waals surface area contributed by atoms with E-state index < -0.39 is 0 Å². The zero-order chi connectivity index (χ0) is 21.5. The Morgan fingerprint density at radius 1 is 0.935 bits per heavy atom. The van der Waals surface area contributed by atoms with Gasteiger partial charge in [-0.15, -0.1) is 0 Å². The van der Waals surface area contributed by atoms with Crippen LogP contribution in [-0.4, -0.2) is 26.6 Å². The van der Waals surface area contributed by atoms with Gasteiger partial charge in [0.05, 0.1) is 31.8 Å². The van der Waals surface area contributed by atoms with Crippen molar-refractivity contribution in [2.75, 3.05) is 20.8 Å². The molecule has 0 aromatic heterocycles. The van der Waals surface area contributed by atoms with E-state index in [-0.39, 0.29) is 23.5 Å². The number of halogens is 1. The van der Waals surface area contributed by atoms with Crippen LogP contribution in [0, 0.1) is 5.92 Å². The lowest BCUT2D eigenvalue weighted by Crippen LogP contribution is -2.32. The summed E-state index contributed by atoms with van der Waals surface area (Å²) in [5.41, 5.74) is 3.79. The number of rotatable bonds is 4. The highest BCUT2D eigenvalue weighted by molar-refractivity contribution is 6.32. The van der Waals surface area contributed by atoms with Crippen molar-refractivity contribution < 1.29 is 19.0 Å². The lowest BCUT2D eigenvalue weighted by atomic mass is 9.66. The first-order valence-electron chi connectivity index (χ1n) is 10.4. The maximum Gasteiger partial charge on any atom is 0.170 e. The smallest absolute Gasteiger partial charge is 0.170 e. The summed E-state index contributed by atoms with van der Waals surface area (Å²) >= 11 is 6.50. The lowest BCUT2D eigenvalue weighted by Gasteiger charge is -2.36. The zero-order valence-corrected chi connectivity index (χ0v) is 18.2. The standard InChI is InChI=1S/C26H23ClO4/c1-29-22-12-19-18-11-16(14-31-26-17(18)9-6-10-21(26)27)24(20(19)13-23(22)30-2)25(28)15-7-4-3-5-8-15/h3-10,12-13,16,18,24H,11,14H2,1-2H3/t16-,18+,24-/m0/s1. The van der Waals surface area contributed by atoms with E-state index in [1.165, 1.54) is 0 Å². The molecule has 1 aliphatic heterocycles. The normalized spacial score (nSPS) is 21.2. The van der Waals surface area contributed by atoms with Gasteiger partial charge in [-0.3, -0.25) is 4.79 Å². The SMILES string of the molecule is COc1cc2c(cc1OC)[C@@H](C(=O)c1ccccc1)[C@@H]1COc3c(Cl)cccc3[C@H]2C1. The summed E-state index contributed by atoms with van der Waals surface area (Å²) in [5, 5.41) is 0.595. The van der Waals surface area contributed by atoms with Crippen LogP contribution in [0.5, 0.6) is 17.2 Å². The van der Waals surface area contributed by atoms with Crippen LogP contribution in [0.3, 0.4) is 0 Å². The van der Waals surface area contributed by atoms with Gasteiger partial charge in [0.25, 0.3) is 0 Å². The van der Waals surface area contributed by atoms with Crippen molar-refractivity contribution in [3.8, 4) is 17.2 Å². The summed E-state index contributed by atoms with van der Waals surface area (Å²) in [5.74, 6) is 1.84. The predicted molar refractivity (Wildman–Crippen MR) is 120 cm³/mol. The zero-order valence-electron chi connectivity index (χ0n) is 17.4. The Kier molecular flexibility index (Phi) is 5.11. The van der Waals surface area contributed by atoms with Crippen molar-refractivity contribution >= 4 is 17.4 Å². The van der Waals surface area contributed by atoms with Gasteiger partial charge in [-0.05, 0) is 35.7 Å². The second kappa shape index (κ2) is 7.93. The summed E-state index contributed by atoms with van der Waals surface area (Å²) in [6.45, 7) is 0.435. The van der Waals surface area contributed by atoms with Gasteiger partial charge in [0, 0.05) is 23.0 Å². The van der Waals surface area contributed by atoms with Crippen LogP contribution in [0.4, 0.5) is 0 Å². The topological polar surface area (TPSA) is 44.8 Å². The van der Waals surface area contributed by atoms with E-state index in [9.17, 15) is 4.79 Å². The van der Waals surface area contributed by atoms with Gasteiger partial charge in [-0.1, -0.05) is 54.1 Å². The fraction of sp³-hybridized carbons (Fsp3) is 0.269. The second-order valence-corrected chi connectivity index (χ2v) is 8.47. The number of hydrogen-bond acceptors (Lipinski definition) is 4. The summed E-state index contributed by atoms with van der Waals surface area (Å²) in [7, 11) is 3.25. The van der Waals surface area contributed by atoms with Crippen molar-refractivity contribution in [1.82, 2.24) is 0 Å². The molecule has 2 aliphatic rings. The molecule has 0 radical (unpaired) electrons. The number of para-hydroxylation sites is 1. The molecular weight excluding hydrogens is 412 g/mol.